The first-order valence-electron chi connectivity index (χ1n) is 8.79. The van der Waals surface area contributed by atoms with Crippen LogP contribution in [0.25, 0.3) is 12.2 Å². The third-order valence-corrected chi connectivity index (χ3v) is 5.21. The second-order valence-electron chi connectivity index (χ2n) is 6.29. The van der Waals surface area contributed by atoms with E-state index in [1.54, 1.807) is 42.7 Å². The van der Waals surface area contributed by atoms with Gasteiger partial charge in [0, 0.05) is 23.1 Å². The number of thiazole rings is 1. The van der Waals surface area contributed by atoms with Crippen LogP contribution in [0.4, 0.5) is 10.8 Å². The highest BCUT2D eigenvalue weighted by molar-refractivity contribution is 7.16. The van der Waals surface area contributed by atoms with Crippen LogP contribution < -0.4 is 25.4 Å². The number of nitrogens with zero attached hydrogens (tertiary/aromatic N) is 3. The number of aromatic nitrogens is 2. The molecular formula is C20H14N4O4S. The summed E-state index contributed by atoms with van der Waals surface area (Å²) in [6, 6.07) is 7.13. The largest absolute Gasteiger partial charge is 0.492 e. The summed E-state index contributed by atoms with van der Waals surface area (Å²) in [6.45, 7) is 0.945. The molecule has 0 fully saturated rings. The number of rotatable bonds is 3. The molecule has 0 atom stereocenters. The summed E-state index contributed by atoms with van der Waals surface area (Å²) >= 11 is 1.22. The Bertz CT molecular complexity index is 1270. The quantitative estimate of drug-likeness (QED) is 0.639. The molecule has 2 aliphatic rings. The molecule has 0 bridgehead atoms. The van der Waals surface area contributed by atoms with E-state index in [9.17, 15) is 9.90 Å². The van der Waals surface area contributed by atoms with Crippen LogP contribution in [0.3, 0.4) is 0 Å². The Morgan fingerprint density at radius 3 is 2.83 bits per heavy atom. The number of amides is 1. The van der Waals surface area contributed by atoms with Gasteiger partial charge in [0.25, 0.3) is 5.91 Å². The van der Waals surface area contributed by atoms with Crippen LogP contribution in [0.15, 0.2) is 47.2 Å². The molecule has 29 heavy (non-hydrogen) atoms. The van der Waals surface area contributed by atoms with Crippen LogP contribution in [0, 0.1) is 0 Å². The molecule has 3 aromatic rings. The van der Waals surface area contributed by atoms with Crippen molar-refractivity contribution in [3.05, 3.63) is 57.7 Å². The second-order valence-corrected chi connectivity index (χ2v) is 7.32. The van der Waals surface area contributed by atoms with Gasteiger partial charge in [-0.2, -0.15) is 4.98 Å². The Morgan fingerprint density at radius 2 is 2.03 bits per heavy atom. The molecular weight excluding hydrogens is 392 g/mol. The number of carbonyl (C=O) groups is 1. The van der Waals surface area contributed by atoms with Crippen molar-refractivity contribution in [1.82, 2.24) is 9.97 Å². The van der Waals surface area contributed by atoms with E-state index in [4.69, 9.17) is 9.47 Å². The Labute approximate surface area is 168 Å². The fourth-order valence-electron chi connectivity index (χ4n) is 2.99. The Kier molecular flexibility index (Phi) is 4.21. The Balaban J connectivity index is 1.50. The zero-order chi connectivity index (χ0) is 19.8. The minimum Gasteiger partial charge on any atom is -0.492 e. The number of aromatic hydroxyl groups is 1. The lowest BCUT2D eigenvalue weighted by atomic mass is 10.1. The van der Waals surface area contributed by atoms with Crippen molar-refractivity contribution in [2.75, 3.05) is 18.5 Å². The predicted octanol–water partition coefficient (Wildman–Crippen LogP) is 1.78. The normalized spacial score (nSPS) is 16.0. The fourth-order valence-corrected chi connectivity index (χ4v) is 3.82. The molecule has 5 rings (SSSR count). The third-order valence-electron chi connectivity index (χ3n) is 4.31. The fraction of sp³-hybridized carbons (Fsp3) is 0.100. The van der Waals surface area contributed by atoms with E-state index >= 15 is 0 Å². The summed E-state index contributed by atoms with van der Waals surface area (Å²) < 4.78 is 11.1. The summed E-state index contributed by atoms with van der Waals surface area (Å²) in [5.41, 5.74) is 1.10. The zero-order valence-electron chi connectivity index (χ0n) is 15.0. The van der Waals surface area contributed by atoms with Crippen molar-refractivity contribution >= 4 is 40.2 Å². The molecule has 4 heterocycles. The van der Waals surface area contributed by atoms with Crippen LogP contribution >= 0.6 is 11.3 Å². The average Bonchev–Trinajstić information content (AvgIpc) is 3.06. The minimum atomic E-state index is -0.399. The van der Waals surface area contributed by atoms with Gasteiger partial charge >= 0.3 is 0 Å². The van der Waals surface area contributed by atoms with Crippen LogP contribution in [-0.4, -0.2) is 34.2 Å². The first-order valence-corrected chi connectivity index (χ1v) is 9.60. The van der Waals surface area contributed by atoms with E-state index < -0.39 is 5.91 Å². The smallest absolute Gasteiger partial charge is 0.277 e. The van der Waals surface area contributed by atoms with Crippen LogP contribution in [0.2, 0.25) is 0 Å². The first-order chi connectivity index (χ1) is 14.2. The van der Waals surface area contributed by atoms with E-state index in [2.05, 4.69) is 20.3 Å². The molecule has 0 radical (unpaired) electrons. The SMILES string of the molecule is O=C1N=c2cc3c(cc2=CC1=Cc1sc(Nc2cccnc2)nc1O)OCCO3. The van der Waals surface area contributed by atoms with Gasteiger partial charge in [0.2, 0.25) is 5.88 Å². The van der Waals surface area contributed by atoms with Gasteiger partial charge in [-0.3, -0.25) is 9.78 Å². The number of pyridine rings is 1. The highest BCUT2D eigenvalue weighted by Gasteiger charge is 2.18. The summed E-state index contributed by atoms with van der Waals surface area (Å²) in [5, 5.41) is 15.0. The molecule has 1 amide bonds. The molecule has 0 aliphatic carbocycles. The molecule has 9 heteroatoms. The summed E-state index contributed by atoms with van der Waals surface area (Å²) in [4.78, 5) is 25.2. The molecule has 2 aliphatic heterocycles. The highest BCUT2D eigenvalue weighted by atomic mass is 32.1. The van der Waals surface area contributed by atoms with Crippen LogP contribution in [0.1, 0.15) is 4.88 Å². The Morgan fingerprint density at radius 1 is 1.21 bits per heavy atom. The van der Waals surface area contributed by atoms with Gasteiger partial charge in [0.1, 0.15) is 13.2 Å². The van der Waals surface area contributed by atoms with Crippen LogP contribution in [0.5, 0.6) is 17.4 Å². The molecule has 144 valence electrons. The van der Waals surface area contributed by atoms with E-state index in [-0.39, 0.29) is 5.88 Å². The van der Waals surface area contributed by atoms with Gasteiger partial charge in [-0.15, -0.1) is 0 Å². The van der Waals surface area contributed by atoms with Gasteiger partial charge in [0.05, 0.1) is 22.1 Å². The van der Waals surface area contributed by atoms with Gasteiger partial charge in [-0.05, 0) is 30.4 Å². The number of fused-ring (bicyclic) bond motifs is 2. The summed E-state index contributed by atoms with van der Waals surface area (Å²) in [7, 11) is 0. The number of hydrogen-bond acceptors (Lipinski definition) is 8. The lowest BCUT2D eigenvalue weighted by Gasteiger charge is -2.18. The molecule has 2 N–H and O–H groups in total. The van der Waals surface area contributed by atoms with E-state index in [1.807, 2.05) is 6.07 Å². The molecule has 0 saturated heterocycles. The number of carbonyl (C=O) groups excluding carboxylic acids is 1. The maximum Gasteiger partial charge on any atom is 0.277 e. The topological polar surface area (TPSA) is 106 Å². The van der Waals surface area contributed by atoms with Gasteiger partial charge in [0.15, 0.2) is 16.6 Å². The molecule has 8 nitrogen and oxygen atoms in total. The maximum atomic E-state index is 12.5. The molecule has 0 unspecified atom stereocenters. The lowest BCUT2D eigenvalue weighted by Crippen LogP contribution is -2.32. The van der Waals surface area contributed by atoms with E-state index in [1.165, 1.54) is 11.3 Å². The zero-order valence-corrected chi connectivity index (χ0v) is 15.8. The molecule has 0 saturated carbocycles. The van der Waals surface area contributed by atoms with E-state index in [0.717, 1.165) is 10.9 Å². The first kappa shape index (κ1) is 17.4. The highest BCUT2D eigenvalue weighted by Crippen LogP contribution is 2.32. The van der Waals surface area contributed by atoms with Crippen molar-refractivity contribution < 1.29 is 19.4 Å². The Hall–Kier alpha value is -3.72. The van der Waals surface area contributed by atoms with Gasteiger partial charge < -0.3 is 19.9 Å². The predicted molar refractivity (Wildman–Crippen MR) is 107 cm³/mol. The number of anilines is 2. The number of ether oxygens (including phenoxy) is 2. The summed E-state index contributed by atoms with van der Waals surface area (Å²) in [5.74, 6) is 0.643. The van der Waals surface area contributed by atoms with Crippen molar-refractivity contribution in [2.45, 2.75) is 0 Å². The monoisotopic (exact) mass is 406 g/mol. The van der Waals surface area contributed by atoms with E-state index in [0.29, 0.717) is 45.7 Å². The second kappa shape index (κ2) is 7.02. The van der Waals surface area contributed by atoms with Crippen molar-refractivity contribution in [3.63, 3.8) is 0 Å². The average molecular weight is 406 g/mol. The van der Waals surface area contributed by atoms with Crippen molar-refractivity contribution in [2.24, 2.45) is 4.99 Å². The number of nitrogens with one attached hydrogen (secondary N) is 1. The molecule has 0 spiro atoms. The number of hydrogen-bond donors (Lipinski definition) is 2. The van der Waals surface area contributed by atoms with Crippen LogP contribution in [-0.2, 0) is 4.79 Å². The lowest BCUT2D eigenvalue weighted by molar-refractivity contribution is -0.114. The van der Waals surface area contributed by atoms with Crippen molar-refractivity contribution in [3.8, 4) is 17.4 Å². The van der Waals surface area contributed by atoms with Gasteiger partial charge in [-0.25, -0.2) is 4.99 Å². The minimum absolute atomic E-state index is 0.164. The summed E-state index contributed by atoms with van der Waals surface area (Å²) in [6.07, 6.45) is 6.61. The number of benzene rings is 1. The molecule has 2 aromatic heterocycles. The molecule has 1 aromatic carbocycles. The van der Waals surface area contributed by atoms with Gasteiger partial charge in [-0.1, -0.05) is 11.3 Å². The standard InChI is InChI=1S/C20H14N4O4S/c25-18-12(6-11-7-15-16(9-14(11)23-18)28-5-4-27-15)8-17-19(26)24-20(29-17)22-13-2-1-3-21-10-13/h1-3,6-10,26H,4-5H2,(H,22,24). The van der Waals surface area contributed by atoms with Crippen molar-refractivity contribution in [1.29, 1.82) is 0 Å². The maximum absolute atomic E-state index is 12.5. The third kappa shape index (κ3) is 3.43.